The van der Waals surface area contributed by atoms with E-state index in [9.17, 15) is 4.79 Å². The Morgan fingerprint density at radius 2 is 1.94 bits per heavy atom. The van der Waals surface area contributed by atoms with E-state index in [1.54, 1.807) is 5.51 Å². The molecule has 0 atom stereocenters. The van der Waals surface area contributed by atoms with Crippen molar-refractivity contribution in [2.75, 3.05) is 18.4 Å². The first kappa shape index (κ1) is 13.9. The summed E-state index contributed by atoms with van der Waals surface area (Å²) in [4.78, 5) is 13.9. The molecule has 0 saturated heterocycles. The zero-order valence-electron chi connectivity index (χ0n) is 10.8. The van der Waals surface area contributed by atoms with E-state index in [-0.39, 0.29) is 6.03 Å². The average molecular weight is 256 g/mol. The molecule has 0 fully saturated rings. The van der Waals surface area contributed by atoms with Crippen LogP contribution in [0.25, 0.3) is 0 Å². The van der Waals surface area contributed by atoms with E-state index in [4.69, 9.17) is 0 Å². The van der Waals surface area contributed by atoms with Crippen LogP contribution in [0.15, 0.2) is 5.51 Å². The summed E-state index contributed by atoms with van der Waals surface area (Å²) in [5.41, 5.74) is 1.60. The van der Waals surface area contributed by atoms with Gasteiger partial charge in [-0.1, -0.05) is 39.0 Å². The van der Waals surface area contributed by atoms with Gasteiger partial charge < -0.3 is 4.90 Å². The number of amides is 2. The van der Waals surface area contributed by atoms with E-state index in [2.05, 4.69) is 43.2 Å². The molecule has 0 aliphatic carbocycles. The third-order valence-electron chi connectivity index (χ3n) is 2.03. The zero-order chi connectivity index (χ0) is 12.8. The van der Waals surface area contributed by atoms with Gasteiger partial charge in [0.1, 0.15) is 5.51 Å². The SMILES string of the molecule is CC(C)CN(CC(C)C)C(=O)Nc1nncs1. The van der Waals surface area contributed by atoms with E-state index < -0.39 is 0 Å². The van der Waals surface area contributed by atoms with Crippen molar-refractivity contribution in [3.8, 4) is 0 Å². The van der Waals surface area contributed by atoms with Crippen LogP contribution in [0, 0.1) is 11.8 Å². The van der Waals surface area contributed by atoms with Crippen molar-refractivity contribution in [1.82, 2.24) is 15.1 Å². The number of hydrogen-bond donors (Lipinski definition) is 1. The molecule has 1 aromatic heterocycles. The Bertz CT molecular complexity index is 327. The fraction of sp³-hybridized carbons (Fsp3) is 0.727. The molecule has 1 heterocycles. The summed E-state index contributed by atoms with van der Waals surface area (Å²) in [5, 5.41) is 10.8. The van der Waals surface area contributed by atoms with Crippen LogP contribution < -0.4 is 5.32 Å². The number of aromatic nitrogens is 2. The lowest BCUT2D eigenvalue weighted by Gasteiger charge is -2.25. The lowest BCUT2D eigenvalue weighted by atomic mass is 10.1. The molecule has 0 unspecified atom stereocenters. The fourth-order valence-electron chi connectivity index (χ4n) is 1.52. The summed E-state index contributed by atoms with van der Waals surface area (Å²) in [5.74, 6) is 0.905. The minimum absolute atomic E-state index is 0.0934. The molecule has 0 aromatic carbocycles. The summed E-state index contributed by atoms with van der Waals surface area (Å²) >= 11 is 1.33. The third kappa shape index (κ3) is 5.12. The Balaban J connectivity index is 2.58. The lowest BCUT2D eigenvalue weighted by Crippen LogP contribution is -2.39. The lowest BCUT2D eigenvalue weighted by molar-refractivity contribution is 0.196. The molecule has 1 N–H and O–H groups in total. The van der Waals surface area contributed by atoms with Crippen LogP contribution >= 0.6 is 11.3 Å². The Morgan fingerprint density at radius 3 is 2.35 bits per heavy atom. The standard InChI is InChI=1S/C11H20N4OS/c1-8(2)5-15(6-9(3)4)11(16)13-10-14-12-7-17-10/h7-9H,5-6H2,1-4H3,(H,13,14,16). The second-order valence-electron chi connectivity index (χ2n) is 4.87. The second-order valence-corrected chi connectivity index (χ2v) is 5.70. The highest BCUT2D eigenvalue weighted by molar-refractivity contribution is 7.13. The number of hydrogen-bond acceptors (Lipinski definition) is 4. The molecule has 0 spiro atoms. The molecule has 0 saturated carbocycles. The number of nitrogens with zero attached hydrogens (tertiary/aromatic N) is 3. The van der Waals surface area contributed by atoms with Crippen LogP contribution in [0.5, 0.6) is 0 Å². The molecular formula is C11H20N4OS. The molecule has 1 aromatic rings. The first-order valence-electron chi connectivity index (χ1n) is 5.81. The first-order valence-corrected chi connectivity index (χ1v) is 6.69. The highest BCUT2D eigenvalue weighted by atomic mass is 32.1. The summed E-state index contributed by atoms with van der Waals surface area (Å²) in [7, 11) is 0. The zero-order valence-corrected chi connectivity index (χ0v) is 11.6. The van der Waals surface area contributed by atoms with Crippen LogP contribution in [-0.2, 0) is 0 Å². The van der Waals surface area contributed by atoms with Gasteiger partial charge >= 0.3 is 6.03 Å². The van der Waals surface area contributed by atoms with Gasteiger partial charge in [0.05, 0.1) is 0 Å². The van der Waals surface area contributed by atoms with Crippen molar-refractivity contribution in [2.24, 2.45) is 11.8 Å². The number of carbonyl (C=O) groups excluding carboxylic acids is 1. The van der Waals surface area contributed by atoms with Gasteiger partial charge in [0.2, 0.25) is 5.13 Å². The first-order chi connectivity index (χ1) is 7.99. The summed E-state index contributed by atoms with van der Waals surface area (Å²) in [6.45, 7) is 9.92. The molecule has 2 amide bonds. The Kier molecular flexibility index (Phi) is 5.34. The molecule has 0 bridgehead atoms. The average Bonchev–Trinajstić information content (AvgIpc) is 2.67. The Labute approximate surface area is 106 Å². The molecular weight excluding hydrogens is 236 g/mol. The minimum atomic E-state index is -0.0934. The minimum Gasteiger partial charge on any atom is -0.324 e. The van der Waals surface area contributed by atoms with Gasteiger partial charge in [-0.3, -0.25) is 5.32 Å². The fourth-order valence-corrected chi connectivity index (χ4v) is 1.95. The van der Waals surface area contributed by atoms with Gasteiger partial charge in [-0.2, -0.15) is 0 Å². The predicted octanol–water partition coefficient (Wildman–Crippen LogP) is 2.68. The number of nitrogens with one attached hydrogen (secondary N) is 1. The van der Waals surface area contributed by atoms with Crippen LogP contribution in [0.2, 0.25) is 0 Å². The van der Waals surface area contributed by atoms with E-state index in [1.165, 1.54) is 11.3 Å². The monoisotopic (exact) mass is 256 g/mol. The van der Waals surface area contributed by atoms with E-state index in [0.29, 0.717) is 17.0 Å². The van der Waals surface area contributed by atoms with Gasteiger partial charge in [0, 0.05) is 13.1 Å². The largest absolute Gasteiger partial charge is 0.324 e. The van der Waals surface area contributed by atoms with Crippen LogP contribution in [0.1, 0.15) is 27.7 Å². The van der Waals surface area contributed by atoms with Crippen molar-refractivity contribution in [1.29, 1.82) is 0 Å². The van der Waals surface area contributed by atoms with Gasteiger partial charge in [0.15, 0.2) is 0 Å². The number of urea groups is 1. The molecule has 96 valence electrons. The van der Waals surface area contributed by atoms with Crippen molar-refractivity contribution in [3.63, 3.8) is 0 Å². The predicted molar refractivity (Wildman–Crippen MR) is 70.2 cm³/mol. The Morgan fingerprint density at radius 1 is 1.35 bits per heavy atom. The molecule has 0 aliphatic heterocycles. The van der Waals surface area contributed by atoms with Gasteiger partial charge in [-0.25, -0.2) is 4.79 Å². The third-order valence-corrected chi connectivity index (χ3v) is 2.64. The maximum Gasteiger partial charge on any atom is 0.323 e. The van der Waals surface area contributed by atoms with E-state index in [1.807, 2.05) is 4.90 Å². The normalized spacial score (nSPS) is 10.9. The molecule has 17 heavy (non-hydrogen) atoms. The smallest absolute Gasteiger partial charge is 0.323 e. The molecule has 5 nitrogen and oxygen atoms in total. The quantitative estimate of drug-likeness (QED) is 0.881. The van der Waals surface area contributed by atoms with Crippen LogP contribution in [0.4, 0.5) is 9.93 Å². The summed E-state index contributed by atoms with van der Waals surface area (Å²) < 4.78 is 0. The van der Waals surface area contributed by atoms with Gasteiger partial charge in [-0.05, 0) is 11.8 Å². The van der Waals surface area contributed by atoms with Crippen molar-refractivity contribution in [2.45, 2.75) is 27.7 Å². The molecule has 0 aliphatic rings. The maximum absolute atomic E-state index is 12.0. The highest BCUT2D eigenvalue weighted by Gasteiger charge is 2.17. The molecule has 1 rings (SSSR count). The topological polar surface area (TPSA) is 58.1 Å². The summed E-state index contributed by atoms with van der Waals surface area (Å²) in [6, 6.07) is -0.0934. The highest BCUT2D eigenvalue weighted by Crippen LogP contribution is 2.11. The molecule has 6 heteroatoms. The Hall–Kier alpha value is -1.17. The van der Waals surface area contributed by atoms with Crippen molar-refractivity contribution < 1.29 is 4.79 Å². The van der Waals surface area contributed by atoms with Crippen molar-refractivity contribution in [3.05, 3.63) is 5.51 Å². The van der Waals surface area contributed by atoms with Crippen LogP contribution in [0.3, 0.4) is 0 Å². The van der Waals surface area contributed by atoms with Gasteiger partial charge in [-0.15, -0.1) is 10.2 Å². The maximum atomic E-state index is 12.0. The molecule has 0 radical (unpaired) electrons. The van der Waals surface area contributed by atoms with Crippen molar-refractivity contribution >= 4 is 22.5 Å². The summed E-state index contributed by atoms with van der Waals surface area (Å²) in [6.07, 6.45) is 0. The van der Waals surface area contributed by atoms with Crippen LogP contribution in [-0.4, -0.2) is 34.2 Å². The number of carbonyl (C=O) groups is 1. The van der Waals surface area contributed by atoms with E-state index >= 15 is 0 Å². The number of rotatable bonds is 5. The van der Waals surface area contributed by atoms with Gasteiger partial charge in [0.25, 0.3) is 0 Å². The second kappa shape index (κ2) is 6.54. The van der Waals surface area contributed by atoms with E-state index in [0.717, 1.165) is 13.1 Å². The number of anilines is 1.